The van der Waals surface area contributed by atoms with Crippen LogP contribution in [-0.4, -0.2) is 31.5 Å². The third-order valence-electron chi connectivity index (χ3n) is 5.34. The van der Waals surface area contributed by atoms with Gasteiger partial charge in [0.2, 0.25) is 0 Å². The highest BCUT2D eigenvalue weighted by Gasteiger charge is 2.22. The molecule has 2 aromatic heterocycles. The number of hydrogen-bond acceptors (Lipinski definition) is 6. The Morgan fingerprint density at radius 2 is 1.72 bits per heavy atom. The van der Waals surface area contributed by atoms with Gasteiger partial charge in [0.15, 0.2) is 5.82 Å². The Hall–Kier alpha value is -4.80. The van der Waals surface area contributed by atoms with Gasteiger partial charge in [-0.2, -0.15) is 10.1 Å². The second-order valence-corrected chi connectivity index (χ2v) is 9.27. The first-order valence-corrected chi connectivity index (χ1v) is 11.2. The molecule has 11 nitrogen and oxygen atoms in total. The summed E-state index contributed by atoms with van der Waals surface area (Å²) in [7, 11) is 0. The van der Waals surface area contributed by atoms with Crippen molar-refractivity contribution in [1.82, 2.24) is 19.3 Å². The van der Waals surface area contributed by atoms with Crippen molar-refractivity contribution in [3.05, 3.63) is 72.2 Å². The number of carbonyl (C=O) groups excluding carboxylic acids is 2. The van der Waals surface area contributed by atoms with Crippen LogP contribution in [0.25, 0.3) is 11.4 Å². The number of imidazole rings is 1. The van der Waals surface area contributed by atoms with Crippen LogP contribution in [0.4, 0.5) is 26.9 Å². The zero-order valence-corrected chi connectivity index (χ0v) is 20.4. The number of ether oxygens (including phenoxy) is 1. The largest absolute Gasteiger partial charge is 0.411 e. The molecule has 0 spiro atoms. The number of rotatable bonds is 5. The maximum atomic E-state index is 12.8. The Bertz CT molecular complexity index is 1410. The minimum atomic E-state index is -1.00. The minimum absolute atomic E-state index is 0.0797. The smallest absolute Gasteiger partial charge is 0.387 e. The second-order valence-electron chi connectivity index (χ2n) is 9.27. The molecule has 0 aliphatic carbocycles. The predicted molar refractivity (Wildman–Crippen MR) is 138 cm³/mol. The van der Waals surface area contributed by atoms with Crippen molar-refractivity contribution in [1.29, 1.82) is 0 Å². The van der Waals surface area contributed by atoms with E-state index in [0.29, 0.717) is 17.2 Å². The fourth-order valence-electron chi connectivity index (χ4n) is 3.50. The number of anilines is 3. The summed E-state index contributed by atoms with van der Waals surface area (Å²) in [4.78, 5) is 27.7. The second kappa shape index (κ2) is 9.45. The number of nitrogens with zero attached hydrogens (tertiary/aromatic N) is 4. The third-order valence-corrected chi connectivity index (χ3v) is 5.34. The Balaban J connectivity index is 1.52. The molecule has 0 atom stereocenters. The van der Waals surface area contributed by atoms with E-state index in [2.05, 4.69) is 36.4 Å². The van der Waals surface area contributed by atoms with E-state index in [-0.39, 0.29) is 17.1 Å². The molecule has 11 heteroatoms. The van der Waals surface area contributed by atoms with Gasteiger partial charge >= 0.3 is 12.1 Å². The van der Waals surface area contributed by atoms with E-state index in [4.69, 9.17) is 21.3 Å². The van der Waals surface area contributed by atoms with E-state index >= 15 is 0 Å². The topological polar surface area (TPSA) is 155 Å². The summed E-state index contributed by atoms with van der Waals surface area (Å²) in [6.07, 6.45) is 0.401. The lowest BCUT2D eigenvalue weighted by Gasteiger charge is -2.14. The molecule has 0 aliphatic heterocycles. The number of hydrogen-bond donors (Lipinski definition) is 4. The van der Waals surface area contributed by atoms with E-state index in [0.717, 1.165) is 16.9 Å². The van der Waals surface area contributed by atoms with Crippen molar-refractivity contribution in [2.45, 2.75) is 33.1 Å². The Morgan fingerprint density at radius 1 is 1.00 bits per heavy atom. The van der Waals surface area contributed by atoms with Crippen molar-refractivity contribution in [3.63, 3.8) is 0 Å². The van der Waals surface area contributed by atoms with Gasteiger partial charge in [-0.15, -0.1) is 0 Å². The highest BCUT2D eigenvalue weighted by molar-refractivity contribution is 5.99. The summed E-state index contributed by atoms with van der Waals surface area (Å²) in [6, 6.07) is 16.2. The number of aromatic nitrogens is 4. The van der Waals surface area contributed by atoms with Crippen LogP contribution in [-0.2, 0) is 5.41 Å². The molecule has 6 N–H and O–H groups in total. The average molecular weight is 489 g/mol. The van der Waals surface area contributed by atoms with Crippen LogP contribution >= 0.6 is 0 Å². The van der Waals surface area contributed by atoms with Gasteiger partial charge in [-0.25, -0.2) is 14.3 Å². The number of nitrogen functional groups attached to an aromatic ring is 1. The van der Waals surface area contributed by atoms with Gasteiger partial charge in [-0.05, 0) is 48.9 Å². The summed E-state index contributed by atoms with van der Waals surface area (Å²) in [5, 5.41) is 10.5. The van der Waals surface area contributed by atoms with Gasteiger partial charge in [-0.1, -0.05) is 32.9 Å². The number of aryl methyl sites for hydroxylation is 1. The first-order valence-electron chi connectivity index (χ1n) is 11.2. The highest BCUT2D eigenvalue weighted by atomic mass is 16.6. The summed E-state index contributed by atoms with van der Waals surface area (Å²) in [5.41, 5.74) is 14.8. The zero-order chi connectivity index (χ0) is 26.0. The third kappa shape index (κ3) is 5.30. The lowest BCUT2D eigenvalue weighted by Crippen LogP contribution is -2.21. The van der Waals surface area contributed by atoms with E-state index in [9.17, 15) is 9.59 Å². The van der Waals surface area contributed by atoms with Crippen LogP contribution in [0.5, 0.6) is 5.88 Å². The molecule has 0 bridgehead atoms. The van der Waals surface area contributed by atoms with Gasteiger partial charge in [0, 0.05) is 22.9 Å². The molecule has 4 rings (SSSR count). The van der Waals surface area contributed by atoms with E-state index in [1.54, 1.807) is 28.9 Å². The Morgan fingerprint density at radius 3 is 2.36 bits per heavy atom. The number of amides is 3. The number of urea groups is 1. The van der Waals surface area contributed by atoms with Crippen LogP contribution in [0, 0.1) is 6.92 Å². The molecule has 0 fully saturated rings. The molecule has 3 amide bonds. The summed E-state index contributed by atoms with van der Waals surface area (Å²) in [5.74, 6) is 0.586. The Labute approximate surface area is 208 Å². The lowest BCUT2D eigenvalue weighted by molar-refractivity contribution is 0.209. The molecule has 0 aliphatic rings. The van der Waals surface area contributed by atoms with Gasteiger partial charge in [0.05, 0.1) is 11.4 Å². The lowest BCUT2D eigenvalue weighted by atomic mass is 9.92. The van der Waals surface area contributed by atoms with Gasteiger partial charge in [0.25, 0.3) is 5.88 Å². The number of nitrogens with one attached hydrogen (secondary N) is 2. The molecule has 186 valence electrons. The van der Waals surface area contributed by atoms with E-state index in [1.165, 1.54) is 10.9 Å². The normalized spacial score (nSPS) is 11.2. The van der Waals surface area contributed by atoms with Gasteiger partial charge < -0.3 is 21.5 Å². The van der Waals surface area contributed by atoms with Gasteiger partial charge in [0.1, 0.15) is 12.1 Å². The minimum Gasteiger partial charge on any atom is -0.387 e. The monoisotopic (exact) mass is 488 g/mol. The average Bonchev–Trinajstić information content (AvgIpc) is 3.38. The van der Waals surface area contributed by atoms with Gasteiger partial charge in [-0.3, -0.25) is 9.88 Å². The van der Waals surface area contributed by atoms with Crippen LogP contribution in [0.3, 0.4) is 0 Å². The molecular formula is C25H28N8O3. The molecule has 2 heterocycles. The zero-order valence-electron chi connectivity index (χ0n) is 20.4. The summed E-state index contributed by atoms with van der Waals surface area (Å²) < 4.78 is 8.01. The molecule has 36 heavy (non-hydrogen) atoms. The molecule has 0 saturated heterocycles. The van der Waals surface area contributed by atoms with Crippen LogP contribution < -0.4 is 26.8 Å². The number of nitrogens with two attached hydrogens (primary N) is 2. The van der Waals surface area contributed by atoms with Crippen molar-refractivity contribution >= 4 is 29.4 Å². The molecule has 4 aromatic rings. The quantitative estimate of drug-likeness (QED) is 0.327. The molecule has 0 unspecified atom stereocenters. The van der Waals surface area contributed by atoms with Crippen LogP contribution in [0.1, 0.15) is 32.0 Å². The SMILES string of the molecule is Cc1cccc(-n2nc(C(C)(C)C)cc2NC(=O)Nc2ccc(-n3cnc(OC(N)=O)c3N)cc2)c1. The first kappa shape index (κ1) is 24.3. The maximum Gasteiger partial charge on any atom is 0.411 e. The van der Waals surface area contributed by atoms with E-state index in [1.807, 2.05) is 37.3 Å². The predicted octanol–water partition coefficient (Wildman–Crippen LogP) is 4.35. The summed E-state index contributed by atoms with van der Waals surface area (Å²) >= 11 is 0. The van der Waals surface area contributed by atoms with E-state index < -0.39 is 12.1 Å². The van der Waals surface area contributed by atoms with Crippen molar-refractivity contribution in [2.75, 3.05) is 16.4 Å². The number of carbonyl (C=O) groups is 2. The van der Waals surface area contributed by atoms with Crippen molar-refractivity contribution < 1.29 is 14.3 Å². The fourth-order valence-corrected chi connectivity index (χ4v) is 3.50. The summed E-state index contributed by atoms with van der Waals surface area (Å²) in [6.45, 7) is 8.20. The molecular weight excluding hydrogens is 460 g/mol. The molecule has 0 radical (unpaired) electrons. The fraction of sp³-hybridized carbons (Fsp3) is 0.200. The van der Waals surface area contributed by atoms with Crippen molar-refractivity contribution in [2.24, 2.45) is 5.73 Å². The standard InChI is InChI=1S/C25H28N8O3/c1-15-6-5-7-18(12-15)33-20(13-19(31-33)25(2,3)4)30-24(35)29-16-8-10-17(11-9-16)32-14-28-22(21(32)26)36-23(27)34/h5-14H,26H2,1-4H3,(H2,27,34)(H2,29,30,35). The Kier molecular flexibility index (Phi) is 6.39. The molecule has 2 aromatic carbocycles. The highest BCUT2D eigenvalue weighted by Crippen LogP contribution is 2.27. The van der Waals surface area contributed by atoms with Crippen LogP contribution in [0.2, 0.25) is 0 Å². The first-order chi connectivity index (χ1) is 17.0. The number of benzene rings is 2. The van der Waals surface area contributed by atoms with Crippen molar-refractivity contribution in [3.8, 4) is 17.3 Å². The molecule has 0 saturated carbocycles. The maximum absolute atomic E-state index is 12.8. The van der Waals surface area contributed by atoms with Crippen LogP contribution in [0.15, 0.2) is 60.9 Å². The number of primary amides is 1.